The van der Waals surface area contributed by atoms with Crippen LogP contribution in [0.25, 0.3) is 6.08 Å². The Bertz CT molecular complexity index is 3230. The highest BCUT2D eigenvalue weighted by Gasteiger charge is 2.38. The topological polar surface area (TPSA) is 203 Å². The first-order valence-electron chi connectivity index (χ1n) is 24.1. The van der Waals surface area contributed by atoms with Gasteiger partial charge >= 0.3 is 0 Å². The van der Waals surface area contributed by atoms with Gasteiger partial charge in [0, 0.05) is 65.0 Å². The summed E-state index contributed by atoms with van der Waals surface area (Å²) in [6, 6.07) is 15.7. The number of nitrogens with zero attached hydrogens (tertiary/aromatic N) is 8. The molecule has 0 bridgehead atoms. The quantitative estimate of drug-likeness (QED) is 0.0919. The van der Waals surface area contributed by atoms with E-state index >= 15 is 0 Å². The van der Waals surface area contributed by atoms with Crippen LogP contribution in [0.4, 0.5) is 16.1 Å². The molecule has 394 valence electrons. The Morgan fingerprint density at radius 3 is 2.03 bits per heavy atom. The number of nitrogens with one attached hydrogen (secondary N) is 2. The van der Waals surface area contributed by atoms with Crippen LogP contribution in [0.15, 0.2) is 109 Å². The molecule has 6 heterocycles. The molecule has 0 aliphatic carbocycles. The molecule has 0 saturated carbocycles. The summed E-state index contributed by atoms with van der Waals surface area (Å²) >= 11 is 7.02. The number of anilines is 3. The van der Waals surface area contributed by atoms with Gasteiger partial charge in [0.1, 0.15) is 23.4 Å². The van der Waals surface area contributed by atoms with Crippen molar-refractivity contribution in [2.45, 2.75) is 71.3 Å². The van der Waals surface area contributed by atoms with E-state index in [0.29, 0.717) is 75.2 Å². The van der Waals surface area contributed by atoms with Gasteiger partial charge in [0.2, 0.25) is 11.8 Å². The number of methoxy groups -OCH3 is 2. The SMILES string of the molecule is C=CC(=O)N1CCN(C(=O)c2cc(Sc3cnc(NC(=O)c4csc(/C=C/C(=O)N5CCCN(C(=O)c6cc(Sc7cnc(Nc8ccccn8)s7)c(C)cc6OC)C[C@H]5C(C)(C)C)c4)s3)c(C)cc2OC)C[C@H]1C#N. The molecule has 22 heteroatoms. The Morgan fingerprint density at radius 1 is 0.803 bits per heavy atom. The van der Waals surface area contributed by atoms with Crippen molar-refractivity contribution in [2.24, 2.45) is 5.41 Å². The monoisotopic (exact) mass is 1120 g/mol. The third-order valence-electron chi connectivity index (χ3n) is 12.7. The van der Waals surface area contributed by atoms with Gasteiger partial charge < -0.3 is 34.4 Å². The molecule has 2 N–H and O–H groups in total. The molecule has 17 nitrogen and oxygen atoms in total. The molecule has 0 spiro atoms. The molecule has 2 saturated heterocycles. The predicted octanol–water partition coefficient (Wildman–Crippen LogP) is 10.2. The fourth-order valence-electron chi connectivity index (χ4n) is 8.66. The Balaban J connectivity index is 0.889. The van der Waals surface area contributed by atoms with Crippen molar-refractivity contribution in [1.82, 2.24) is 34.6 Å². The lowest BCUT2D eigenvalue weighted by Gasteiger charge is -2.40. The van der Waals surface area contributed by atoms with E-state index in [-0.39, 0.29) is 60.6 Å². The van der Waals surface area contributed by atoms with Crippen LogP contribution in [0.2, 0.25) is 0 Å². The second-order valence-electron chi connectivity index (χ2n) is 18.8. The summed E-state index contributed by atoms with van der Waals surface area (Å²) in [6.45, 7) is 15.3. The van der Waals surface area contributed by atoms with Crippen LogP contribution in [-0.2, 0) is 9.59 Å². The summed E-state index contributed by atoms with van der Waals surface area (Å²) in [5.41, 5.74) is 2.60. The highest BCUT2D eigenvalue weighted by Crippen LogP contribution is 2.41. The second kappa shape index (κ2) is 24.3. The van der Waals surface area contributed by atoms with Gasteiger partial charge in [-0.25, -0.2) is 15.0 Å². The fourth-order valence-corrected chi connectivity index (χ4v) is 13.3. The number of benzene rings is 2. The van der Waals surface area contributed by atoms with Gasteiger partial charge in [0.05, 0.1) is 70.4 Å². The van der Waals surface area contributed by atoms with Crippen LogP contribution in [0.5, 0.6) is 11.5 Å². The van der Waals surface area contributed by atoms with Crippen LogP contribution >= 0.6 is 57.5 Å². The van der Waals surface area contributed by atoms with Gasteiger partial charge in [-0.3, -0.25) is 29.3 Å². The summed E-state index contributed by atoms with van der Waals surface area (Å²) in [4.78, 5) is 90.6. The van der Waals surface area contributed by atoms with Crippen molar-refractivity contribution in [2.75, 3.05) is 64.1 Å². The number of carbonyl (C=O) groups excluding carboxylic acids is 5. The number of aryl methyl sites for hydroxylation is 2. The van der Waals surface area contributed by atoms with E-state index in [2.05, 4.69) is 59.0 Å². The number of hydrogen-bond donors (Lipinski definition) is 2. The largest absolute Gasteiger partial charge is 0.496 e. The Hall–Kier alpha value is -7.03. The van der Waals surface area contributed by atoms with Gasteiger partial charge in [0.15, 0.2) is 10.3 Å². The van der Waals surface area contributed by atoms with Crippen LogP contribution in [0.3, 0.4) is 0 Å². The number of carbonyl (C=O) groups is 5. The molecule has 2 aliphatic heterocycles. The molecular formula is C54H56N10O7S5. The van der Waals surface area contributed by atoms with Crippen LogP contribution in [0, 0.1) is 30.6 Å². The molecule has 0 unspecified atom stereocenters. The van der Waals surface area contributed by atoms with Crippen molar-refractivity contribution in [1.29, 1.82) is 5.26 Å². The van der Waals surface area contributed by atoms with Gasteiger partial charge in [-0.15, -0.1) is 11.3 Å². The van der Waals surface area contributed by atoms with Crippen molar-refractivity contribution in [3.63, 3.8) is 0 Å². The maximum Gasteiger partial charge on any atom is 0.258 e. The molecule has 2 aliphatic rings. The number of hydrogen-bond acceptors (Lipinski definition) is 17. The summed E-state index contributed by atoms with van der Waals surface area (Å²) in [6.07, 6.45) is 10.2. The number of aromatic nitrogens is 3. The van der Waals surface area contributed by atoms with Crippen molar-refractivity contribution in [3.8, 4) is 17.6 Å². The standard InChI is InChI=1S/C54H56N10O7S5/c1-9-45(65)63-20-19-62(29-35(63)26-55)51(69)38-25-42(33(3)22-40(38)71-8)74-48-28-58-53(76-48)60-49(67)34-23-36(72-31-34)14-15-46(66)64-18-12-17-61(30-43(64)54(4,5)6)50(68)37-24-41(32(2)21-39(37)70-7)73-47-27-57-52(75-47)59-44-13-10-11-16-56-44/h9-11,13-16,21-25,27-28,31,35,43H,1,12,17-20,29-30H2,2-8H3,(H,56,57,59)(H,58,60,67)/b15-14+/t35-,43+/m1/s1. The average Bonchev–Trinajstić information content (AvgIpc) is 4.16. The molecule has 0 radical (unpaired) electrons. The molecular weight excluding hydrogens is 1060 g/mol. The van der Waals surface area contributed by atoms with Crippen LogP contribution in [0.1, 0.15) is 74.3 Å². The highest BCUT2D eigenvalue weighted by atomic mass is 32.2. The molecule has 2 aromatic carbocycles. The molecule has 5 amide bonds. The first kappa shape index (κ1) is 55.2. The number of nitriles is 1. The van der Waals surface area contributed by atoms with Gasteiger partial charge in [0.25, 0.3) is 17.7 Å². The Kier molecular flexibility index (Phi) is 17.7. The van der Waals surface area contributed by atoms with E-state index in [9.17, 15) is 29.2 Å². The summed E-state index contributed by atoms with van der Waals surface area (Å²) in [5.74, 6) is 0.161. The Labute approximate surface area is 462 Å². The first-order chi connectivity index (χ1) is 36.5. The fraction of sp³-hybridized carbons (Fsp3) is 0.315. The van der Waals surface area contributed by atoms with E-state index < -0.39 is 6.04 Å². The summed E-state index contributed by atoms with van der Waals surface area (Å²) in [5, 5.41) is 18.7. The minimum Gasteiger partial charge on any atom is -0.496 e. The summed E-state index contributed by atoms with van der Waals surface area (Å²) in [7, 11) is 3.05. The lowest BCUT2D eigenvalue weighted by molar-refractivity contribution is -0.130. The molecule has 8 rings (SSSR count). The van der Waals surface area contributed by atoms with Gasteiger partial charge in [-0.05, 0) is 91.4 Å². The van der Waals surface area contributed by atoms with E-state index in [1.54, 1.807) is 60.3 Å². The molecule has 2 fully saturated rings. The smallest absolute Gasteiger partial charge is 0.258 e. The summed E-state index contributed by atoms with van der Waals surface area (Å²) < 4.78 is 13.1. The van der Waals surface area contributed by atoms with Crippen molar-refractivity contribution >= 4 is 109 Å². The molecule has 4 aromatic heterocycles. The number of thiophene rings is 1. The zero-order valence-electron chi connectivity index (χ0n) is 42.9. The molecule has 2 atom stereocenters. The van der Waals surface area contributed by atoms with Crippen molar-refractivity contribution in [3.05, 3.63) is 124 Å². The third kappa shape index (κ3) is 13.0. The third-order valence-corrected chi connectivity index (χ3v) is 17.9. The maximum atomic E-state index is 14.5. The number of piperazine rings is 1. The van der Waals surface area contributed by atoms with Crippen molar-refractivity contribution < 1.29 is 33.4 Å². The van der Waals surface area contributed by atoms with E-state index in [1.165, 1.54) is 75.6 Å². The van der Waals surface area contributed by atoms with Gasteiger partial charge in [-0.2, -0.15) is 5.26 Å². The number of ether oxygens (including phenoxy) is 2. The lowest BCUT2D eigenvalue weighted by atomic mass is 9.85. The predicted molar refractivity (Wildman–Crippen MR) is 299 cm³/mol. The molecule has 76 heavy (non-hydrogen) atoms. The maximum absolute atomic E-state index is 14.5. The number of amides is 5. The van der Waals surface area contributed by atoms with E-state index in [4.69, 9.17) is 9.47 Å². The van der Waals surface area contributed by atoms with E-state index in [0.717, 1.165) is 35.4 Å². The highest BCUT2D eigenvalue weighted by molar-refractivity contribution is 8.01. The first-order valence-corrected chi connectivity index (χ1v) is 28.2. The average molecular weight is 1120 g/mol. The lowest BCUT2D eigenvalue weighted by Crippen LogP contribution is -2.55. The minimum atomic E-state index is -0.810. The van der Waals surface area contributed by atoms with Crippen LogP contribution in [-0.4, -0.2) is 130 Å². The molecule has 6 aromatic rings. The van der Waals surface area contributed by atoms with E-state index in [1.807, 2.05) is 54.0 Å². The second-order valence-corrected chi connectivity index (χ2v) is 24.5. The van der Waals surface area contributed by atoms with Gasteiger partial charge in [-0.1, -0.05) is 79.6 Å². The number of rotatable bonds is 15. The normalized spacial score (nSPS) is 16.0. The zero-order valence-corrected chi connectivity index (χ0v) is 47.0. The zero-order chi connectivity index (χ0) is 54.3. The minimum absolute atomic E-state index is 0.0467. The number of pyridine rings is 1. The van der Waals surface area contributed by atoms with Crippen LogP contribution < -0.4 is 20.1 Å². The Morgan fingerprint density at radius 2 is 1.43 bits per heavy atom. The number of thiazole rings is 2.